The van der Waals surface area contributed by atoms with E-state index >= 15 is 0 Å². The van der Waals surface area contributed by atoms with Crippen LogP contribution < -0.4 is 10.5 Å². The maximum absolute atomic E-state index is 12.1. The first-order valence-electron chi connectivity index (χ1n) is 7.05. The average molecular weight is 409 g/mol. The second kappa shape index (κ2) is 7.29. The smallest absolute Gasteiger partial charge is 0.248 e. The van der Waals surface area contributed by atoms with Crippen molar-refractivity contribution in [2.75, 3.05) is 5.32 Å². The van der Waals surface area contributed by atoms with Crippen molar-refractivity contribution in [3.8, 4) is 0 Å². The summed E-state index contributed by atoms with van der Waals surface area (Å²) in [4.78, 5) is 12.1. The van der Waals surface area contributed by atoms with Gasteiger partial charge in [-0.2, -0.15) is 0 Å². The topological polar surface area (TPSA) is 89.3 Å². The molecule has 0 unspecified atom stereocenters. The Kier molecular flexibility index (Phi) is 5.58. The first-order chi connectivity index (χ1) is 11.2. The van der Waals surface area contributed by atoms with Gasteiger partial charge < -0.3 is 5.32 Å². The number of anilines is 1. The third-order valence-corrected chi connectivity index (χ3v) is 4.89. The summed E-state index contributed by atoms with van der Waals surface area (Å²) in [5.74, 6) is -0.357. The molecule has 2 aromatic rings. The lowest BCUT2D eigenvalue weighted by atomic mass is 10.1. The molecule has 0 radical (unpaired) electrons. The molecule has 0 aliphatic carbocycles. The van der Waals surface area contributed by atoms with Crippen LogP contribution in [-0.2, 0) is 14.8 Å². The first-order valence-corrected chi connectivity index (χ1v) is 9.39. The summed E-state index contributed by atoms with van der Waals surface area (Å²) < 4.78 is 24.0. The molecule has 0 atom stereocenters. The number of halogens is 1. The SMILES string of the molecule is Cc1cc(S(N)(=O)=O)cc(NC(=O)/C=C/c2cccc(Br)c2)c1C. The number of nitrogens with one attached hydrogen (secondary N) is 1. The van der Waals surface area contributed by atoms with Crippen molar-refractivity contribution in [1.82, 2.24) is 0 Å². The zero-order valence-corrected chi connectivity index (χ0v) is 15.6. The molecule has 0 aliphatic heterocycles. The number of carbonyl (C=O) groups excluding carboxylic acids is 1. The van der Waals surface area contributed by atoms with Crippen LogP contribution in [0.15, 0.2) is 51.8 Å². The van der Waals surface area contributed by atoms with Gasteiger partial charge in [0, 0.05) is 16.2 Å². The lowest BCUT2D eigenvalue weighted by Crippen LogP contribution is -2.15. The summed E-state index contributed by atoms with van der Waals surface area (Å²) in [5, 5.41) is 7.86. The molecule has 0 aliphatic rings. The molecule has 0 spiro atoms. The van der Waals surface area contributed by atoms with E-state index in [0.717, 1.165) is 21.2 Å². The molecule has 0 saturated heterocycles. The highest BCUT2D eigenvalue weighted by Gasteiger charge is 2.13. The van der Waals surface area contributed by atoms with Gasteiger partial charge in [0.15, 0.2) is 0 Å². The van der Waals surface area contributed by atoms with Crippen molar-refractivity contribution in [2.45, 2.75) is 18.7 Å². The maximum atomic E-state index is 12.1. The molecule has 3 N–H and O–H groups in total. The number of benzene rings is 2. The number of primary sulfonamides is 1. The number of carbonyl (C=O) groups is 1. The molecule has 5 nitrogen and oxygen atoms in total. The number of aryl methyl sites for hydroxylation is 1. The summed E-state index contributed by atoms with van der Waals surface area (Å²) in [6.07, 6.45) is 3.06. The molecule has 7 heteroatoms. The van der Waals surface area contributed by atoms with E-state index in [0.29, 0.717) is 5.69 Å². The number of hydrogen-bond acceptors (Lipinski definition) is 3. The van der Waals surface area contributed by atoms with E-state index in [1.807, 2.05) is 24.3 Å². The van der Waals surface area contributed by atoms with Gasteiger partial charge in [-0.3, -0.25) is 4.79 Å². The lowest BCUT2D eigenvalue weighted by molar-refractivity contribution is -0.111. The largest absolute Gasteiger partial charge is 0.322 e. The Balaban J connectivity index is 2.24. The van der Waals surface area contributed by atoms with Crippen molar-refractivity contribution in [3.05, 3.63) is 63.6 Å². The maximum Gasteiger partial charge on any atom is 0.248 e. The van der Waals surface area contributed by atoms with Gasteiger partial charge in [0.25, 0.3) is 0 Å². The molecular weight excluding hydrogens is 392 g/mol. The van der Waals surface area contributed by atoms with Gasteiger partial charge in [-0.15, -0.1) is 0 Å². The zero-order chi connectivity index (χ0) is 17.9. The van der Waals surface area contributed by atoms with E-state index in [1.54, 1.807) is 19.9 Å². The summed E-state index contributed by atoms with van der Waals surface area (Å²) in [6, 6.07) is 10.3. The Morgan fingerprint density at radius 2 is 1.92 bits per heavy atom. The van der Waals surface area contributed by atoms with Crippen LogP contribution in [0.2, 0.25) is 0 Å². The molecule has 24 heavy (non-hydrogen) atoms. The normalized spacial score (nSPS) is 11.7. The second-order valence-electron chi connectivity index (χ2n) is 5.34. The third kappa shape index (κ3) is 4.77. The minimum absolute atomic E-state index is 0.0307. The predicted octanol–water partition coefficient (Wildman–Crippen LogP) is 3.37. The van der Waals surface area contributed by atoms with Crippen LogP contribution >= 0.6 is 15.9 Å². The van der Waals surface area contributed by atoms with Crippen molar-refractivity contribution >= 4 is 43.6 Å². The molecule has 1 amide bonds. The van der Waals surface area contributed by atoms with Crippen LogP contribution in [0.1, 0.15) is 16.7 Å². The fourth-order valence-corrected chi connectivity index (χ4v) is 3.12. The minimum Gasteiger partial charge on any atom is -0.322 e. The highest BCUT2D eigenvalue weighted by Crippen LogP contribution is 2.23. The van der Waals surface area contributed by atoms with Gasteiger partial charge in [-0.05, 0) is 60.9 Å². The van der Waals surface area contributed by atoms with E-state index in [1.165, 1.54) is 18.2 Å². The minimum atomic E-state index is -3.83. The van der Waals surface area contributed by atoms with Crippen molar-refractivity contribution in [3.63, 3.8) is 0 Å². The highest BCUT2D eigenvalue weighted by molar-refractivity contribution is 9.10. The van der Waals surface area contributed by atoms with E-state index in [2.05, 4.69) is 21.2 Å². The van der Waals surface area contributed by atoms with Gasteiger partial charge in [0.05, 0.1) is 4.90 Å². The first kappa shape index (κ1) is 18.4. The Hall–Kier alpha value is -1.96. The second-order valence-corrected chi connectivity index (χ2v) is 7.81. The van der Waals surface area contributed by atoms with Gasteiger partial charge in [0.1, 0.15) is 0 Å². The highest BCUT2D eigenvalue weighted by atomic mass is 79.9. The molecule has 0 bridgehead atoms. The molecule has 126 valence electrons. The van der Waals surface area contributed by atoms with Crippen molar-refractivity contribution < 1.29 is 13.2 Å². The summed E-state index contributed by atoms with van der Waals surface area (Å²) >= 11 is 3.36. The molecule has 0 heterocycles. The molecule has 0 saturated carbocycles. The fourth-order valence-electron chi connectivity index (χ4n) is 2.08. The Morgan fingerprint density at radius 3 is 2.54 bits per heavy atom. The zero-order valence-electron chi connectivity index (χ0n) is 13.2. The molecule has 2 aromatic carbocycles. The van der Waals surface area contributed by atoms with Gasteiger partial charge in [0.2, 0.25) is 15.9 Å². The quantitative estimate of drug-likeness (QED) is 0.759. The number of sulfonamides is 1. The van der Waals surface area contributed by atoms with Crippen LogP contribution in [0.5, 0.6) is 0 Å². The molecule has 2 rings (SSSR count). The standard InChI is InChI=1S/C17H17BrN2O3S/c1-11-8-15(24(19,22)23)10-16(12(11)2)20-17(21)7-6-13-4-3-5-14(18)9-13/h3-10H,1-2H3,(H,20,21)(H2,19,22,23)/b7-6+. The Labute approximate surface area is 149 Å². The lowest BCUT2D eigenvalue weighted by Gasteiger charge is -2.11. The monoisotopic (exact) mass is 408 g/mol. The van der Waals surface area contributed by atoms with E-state index < -0.39 is 10.0 Å². The van der Waals surface area contributed by atoms with Gasteiger partial charge >= 0.3 is 0 Å². The van der Waals surface area contributed by atoms with E-state index in [9.17, 15) is 13.2 Å². The van der Waals surface area contributed by atoms with Gasteiger partial charge in [-0.1, -0.05) is 28.1 Å². The molecule has 0 fully saturated rings. The number of rotatable bonds is 4. The van der Waals surface area contributed by atoms with Crippen molar-refractivity contribution in [2.24, 2.45) is 5.14 Å². The Morgan fingerprint density at radius 1 is 1.21 bits per heavy atom. The summed E-state index contributed by atoms with van der Waals surface area (Å²) in [5.41, 5.74) is 2.80. The Bertz CT molecular complexity index is 921. The molecule has 0 aromatic heterocycles. The molecular formula is C17H17BrN2O3S. The van der Waals surface area contributed by atoms with E-state index in [-0.39, 0.29) is 10.8 Å². The number of hydrogen-bond donors (Lipinski definition) is 2. The number of amides is 1. The third-order valence-electron chi connectivity index (χ3n) is 3.50. The van der Waals surface area contributed by atoms with Crippen LogP contribution in [0.4, 0.5) is 5.69 Å². The summed E-state index contributed by atoms with van der Waals surface area (Å²) in [6.45, 7) is 3.56. The van der Waals surface area contributed by atoms with Crippen LogP contribution in [0, 0.1) is 13.8 Å². The van der Waals surface area contributed by atoms with Gasteiger partial charge in [-0.25, -0.2) is 13.6 Å². The fraction of sp³-hybridized carbons (Fsp3) is 0.118. The van der Waals surface area contributed by atoms with E-state index in [4.69, 9.17) is 5.14 Å². The van der Waals surface area contributed by atoms with Crippen LogP contribution in [-0.4, -0.2) is 14.3 Å². The average Bonchev–Trinajstić information content (AvgIpc) is 2.48. The number of nitrogens with two attached hydrogens (primary N) is 1. The van der Waals surface area contributed by atoms with Crippen molar-refractivity contribution in [1.29, 1.82) is 0 Å². The summed E-state index contributed by atoms with van der Waals surface area (Å²) in [7, 11) is -3.83. The van der Waals surface area contributed by atoms with Crippen LogP contribution in [0.3, 0.4) is 0 Å². The van der Waals surface area contributed by atoms with Crippen LogP contribution in [0.25, 0.3) is 6.08 Å². The predicted molar refractivity (Wildman–Crippen MR) is 99.1 cm³/mol.